The number of hydrogen-bond donors (Lipinski definition) is 10. The Morgan fingerprint density at radius 1 is 1.10 bits per heavy atom. The molecule has 0 aromatic carbocycles. The first kappa shape index (κ1) is 30.7. The lowest BCUT2D eigenvalue weighted by atomic mass is 9.87. The van der Waals surface area contributed by atoms with Crippen molar-refractivity contribution in [3.63, 3.8) is 0 Å². The molecule has 0 saturated carbocycles. The predicted molar refractivity (Wildman–Crippen MR) is 123 cm³/mol. The zero-order valence-electron chi connectivity index (χ0n) is 20.2. The Morgan fingerprint density at radius 3 is 2.36 bits per heavy atom. The van der Waals surface area contributed by atoms with E-state index in [9.17, 15) is 58.2 Å². The summed E-state index contributed by atoms with van der Waals surface area (Å²) in [7, 11) is -4.68. The number of hydrogen-bond acceptors (Lipinski definition) is 14. The molecule has 2 aliphatic rings. The van der Waals surface area contributed by atoms with Crippen molar-refractivity contribution in [1.82, 2.24) is 24.3 Å². The highest BCUT2D eigenvalue weighted by Gasteiger charge is 2.56. The quantitative estimate of drug-likeness (QED) is 0.121. The summed E-state index contributed by atoms with van der Waals surface area (Å²) in [5.74, 6) is -2.21. The molecule has 0 bridgehead atoms. The van der Waals surface area contributed by atoms with E-state index in [-0.39, 0.29) is 0 Å². The van der Waals surface area contributed by atoms with Crippen LogP contribution >= 0.6 is 0 Å². The molecule has 2 fully saturated rings. The largest absolute Gasteiger partial charge is 0.394 e. The van der Waals surface area contributed by atoms with Gasteiger partial charge in [0.2, 0.25) is 11.8 Å². The molecule has 220 valence electrons. The highest BCUT2D eigenvalue weighted by Crippen LogP contribution is 2.30. The minimum absolute atomic E-state index is 0.706. The maximum absolute atomic E-state index is 12.5. The zero-order chi connectivity index (χ0) is 29.3. The monoisotopic (exact) mass is 583 g/mol. The first-order valence-electron chi connectivity index (χ1n) is 11.4. The van der Waals surface area contributed by atoms with Crippen LogP contribution in [0.3, 0.4) is 0 Å². The lowest BCUT2D eigenvalue weighted by Gasteiger charge is -2.48. The lowest BCUT2D eigenvalue weighted by Crippen LogP contribution is -2.73. The number of aliphatic hydroxyl groups excluding tert-OH is 5. The summed E-state index contributed by atoms with van der Waals surface area (Å²) in [5, 5.41) is 62.8. The van der Waals surface area contributed by atoms with E-state index < -0.39 is 108 Å². The predicted octanol–water partition coefficient (Wildman–Crippen LogP) is -7.20. The van der Waals surface area contributed by atoms with Gasteiger partial charge in [0, 0.05) is 25.7 Å². The van der Waals surface area contributed by atoms with E-state index in [2.05, 4.69) is 0 Å². The summed E-state index contributed by atoms with van der Waals surface area (Å²) in [6.07, 6.45) is -13.6. The molecule has 1 aromatic heterocycles. The fourth-order valence-corrected chi connectivity index (χ4v) is 5.02. The van der Waals surface area contributed by atoms with E-state index in [1.165, 1.54) is 0 Å². The van der Waals surface area contributed by atoms with Crippen LogP contribution in [0.5, 0.6) is 0 Å². The Bertz CT molecular complexity index is 1290. The van der Waals surface area contributed by atoms with Gasteiger partial charge in [-0.3, -0.25) is 23.9 Å². The van der Waals surface area contributed by atoms with Crippen LogP contribution in [0, 0.1) is 0 Å². The molecular weight excluding hydrogens is 554 g/mol. The molecule has 3 rings (SSSR count). The van der Waals surface area contributed by atoms with E-state index in [4.69, 9.17) is 9.47 Å². The van der Waals surface area contributed by atoms with E-state index in [0.717, 1.165) is 23.8 Å². The average molecular weight is 584 g/mol. The van der Waals surface area contributed by atoms with Crippen molar-refractivity contribution in [2.24, 2.45) is 0 Å². The van der Waals surface area contributed by atoms with Crippen LogP contribution in [-0.4, -0.2) is 122 Å². The summed E-state index contributed by atoms with van der Waals surface area (Å²) in [4.78, 5) is 49.1. The number of nitrogens with one attached hydrogen (secondary N) is 4. The number of carbonyl (C=O) groups is 2. The van der Waals surface area contributed by atoms with Gasteiger partial charge in [0.1, 0.15) is 42.7 Å². The van der Waals surface area contributed by atoms with Crippen molar-refractivity contribution < 1.29 is 58.1 Å². The number of aliphatic hydroxyl groups is 6. The van der Waals surface area contributed by atoms with Crippen LogP contribution < -0.4 is 26.0 Å². The smallest absolute Gasteiger partial charge is 0.330 e. The minimum atomic E-state index is -4.68. The zero-order valence-corrected chi connectivity index (χ0v) is 21.0. The molecule has 0 aliphatic carbocycles. The molecule has 39 heavy (non-hydrogen) atoms. The topological polar surface area (TPSA) is 299 Å². The molecule has 1 aromatic rings. The second-order valence-electron chi connectivity index (χ2n) is 8.93. The van der Waals surface area contributed by atoms with Gasteiger partial charge < -0.3 is 45.4 Å². The minimum Gasteiger partial charge on any atom is -0.394 e. The van der Waals surface area contributed by atoms with Crippen molar-refractivity contribution in [2.45, 2.75) is 68.0 Å². The standard InChI is InChI=1S/C19H29N5O14S/c1-7(26)22-19(34)10(37-9(6-25)14(30)16(19)32)4-12(28)23-39(35,36)20-5-8-13(29)15(31)17(38-8)24-3-2-11(27)21-18(24)33/h2-3,8-10,13-17,20,25,29-32,34H,4-6H2,1H3,(H,22,26)(H,23,28)(H,21,27,33)/t8-,9-,10-,13-,14-,15-,16+,17-,19+/m1/s1. The third-order valence-corrected chi connectivity index (χ3v) is 7.14. The molecule has 9 atom stereocenters. The fraction of sp³-hybridized carbons (Fsp3) is 0.684. The van der Waals surface area contributed by atoms with E-state index in [1.54, 1.807) is 4.72 Å². The van der Waals surface area contributed by atoms with Crippen molar-refractivity contribution in [3.8, 4) is 0 Å². The molecule has 0 unspecified atom stereocenters. The molecule has 2 aliphatic heterocycles. The number of nitrogens with zero attached hydrogens (tertiary/aromatic N) is 1. The molecule has 3 heterocycles. The number of rotatable bonds is 9. The van der Waals surface area contributed by atoms with Crippen LogP contribution in [-0.2, 0) is 29.3 Å². The van der Waals surface area contributed by atoms with Gasteiger partial charge >= 0.3 is 15.9 Å². The second-order valence-corrected chi connectivity index (χ2v) is 10.4. The highest BCUT2D eigenvalue weighted by atomic mass is 32.2. The van der Waals surface area contributed by atoms with Crippen LogP contribution in [0.1, 0.15) is 19.6 Å². The molecule has 2 amide bonds. The highest BCUT2D eigenvalue weighted by molar-refractivity contribution is 7.88. The maximum Gasteiger partial charge on any atom is 0.330 e. The Morgan fingerprint density at radius 2 is 1.77 bits per heavy atom. The lowest BCUT2D eigenvalue weighted by molar-refractivity contribution is -0.282. The number of ether oxygens (including phenoxy) is 2. The van der Waals surface area contributed by atoms with Crippen molar-refractivity contribution in [1.29, 1.82) is 0 Å². The van der Waals surface area contributed by atoms with Gasteiger partial charge in [-0.15, -0.1) is 0 Å². The van der Waals surface area contributed by atoms with Gasteiger partial charge in [-0.1, -0.05) is 0 Å². The maximum atomic E-state index is 12.5. The van der Waals surface area contributed by atoms with Gasteiger partial charge in [0.15, 0.2) is 12.0 Å². The summed E-state index contributed by atoms with van der Waals surface area (Å²) in [6.45, 7) is -0.605. The number of aromatic amines is 1. The van der Waals surface area contributed by atoms with Crippen molar-refractivity contribution >= 4 is 22.0 Å². The summed E-state index contributed by atoms with van der Waals surface area (Å²) in [5.41, 5.74) is -4.42. The first-order chi connectivity index (χ1) is 18.1. The van der Waals surface area contributed by atoms with E-state index in [1.807, 2.05) is 15.0 Å². The summed E-state index contributed by atoms with van der Waals surface area (Å²) >= 11 is 0. The van der Waals surface area contributed by atoms with Gasteiger partial charge in [-0.25, -0.2) is 9.52 Å². The van der Waals surface area contributed by atoms with E-state index >= 15 is 0 Å². The molecule has 2 saturated heterocycles. The second kappa shape index (κ2) is 11.8. The van der Waals surface area contributed by atoms with Crippen LogP contribution in [0.15, 0.2) is 21.9 Å². The molecule has 20 heteroatoms. The first-order valence-corrected chi connectivity index (χ1v) is 12.8. The van der Waals surface area contributed by atoms with Gasteiger partial charge in [0.05, 0.1) is 13.0 Å². The third kappa shape index (κ3) is 6.69. The van der Waals surface area contributed by atoms with Gasteiger partial charge in [0.25, 0.3) is 5.56 Å². The Kier molecular flexibility index (Phi) is 9.27. The number of amides is 2. The average Bonchev–Trinajstić information content (AvgIpc) is 3.11. The molecule has 0 radical (unpaired) electrons. The Labute approximate surface area is 219 Å². The molecular formula is C19H29N5O14S. The van der Waals surface area contributed by atoms with Gasteiger partial charge in [-0.05, 0) is 0 Å². The number of carbonyl (C=O) groups excluding carboxylic acids is 2. The van der Waals surface area contributed by atoms with Crippen LogP contribution in [0.2, 0.25) is 0 Å². The normalized spacial score (nSPS) is 34.9. The molecule has 19 nitrogen and oxygen atoms in total. The fourth-order valence-electron chi connectivity index (χ4n) is 4.18. The summed E-state index contributed by atoms with van der Waals surface area (Å²) in [6, 6.07) is 0.959. The summed E-state index contributed by atoms with van der Waals surface area (Å²) < 4.78 is 39.7. The SMILES string of the molecule is CC(=O)N[C@]1(O)[C@@H](CC(=O)NS(=O)(=O)NC[C@H]2O[C@@H](n3ccc(=O)[nH]c3=O)[C@H](O)[C@@H]2O)O[C@H](CO)[C@@H](O)[C@@H]1O. The Hall–Kier alpha value is -2.79. The van der Waals surface area contributed by atoms with Gasteiger partial charge in [-0.2, -0.15) is 13.1 Å². The van der Waals surface area contributed by atoms with E-state index in [0.29, 0.717) is 0 Å². The molecule has 0 spiro atoms. The van der Waals surface area contributed by atoms with Crippen molar-refractivity contribution in [3.05, 3.63) is 33.1 Å². The number of H-pyrrole nitrogens is 1. The molecule has 10 N–H and O–H groups in total. The van der Waals surface area contributed by atoms with Crippen molar-refractivity contribution in [2.75, 3.05) is 13.2 Å². The Balaban J connectivity index is 1.65. The van der Waals surface area contributed by atoms with Crippen LogP contribution in [0.4, 0.5) is 0 Å². The van der Waals surface area contributed by atoms with Crippen LogP contribution in [0.25, 0.3) is 0 Å². The number of aromatic nitrogens is 2. The third-order valence-electron chi connectivity index (χ3n) is 6.10.